The molecule has 6 rings (SSSR count). The zero-order chi connectivity index (χ0) is 41.4. The minimum Gasteiger partial charge on any atom is -0.495 e. The summed E-state index contributed by atoms with van der Waals surface area (Å²) < 4.78 is 18.5. The van der Waals surface area contributed by atoms with E-state index in [2.05, 4.69) is 43.4 Å². The molecule has 3 heterocycles. The van der Waals surface area contributed by atoms with Crippen molar-refractivity contribution in [1.82, 2.24) is 25.5 Å². The second-order valence-electron chi connectivity index (χ2n) is 16.2. The van der Waals surface area contributed by atoms with Gasteiger partial charge in [0.1, 0.15) is 47.0 Å². The molecule has 1 aliphatic heterocycles. The average molecular weight is 870 g/mol. The van der Waals surface area contributed by atoms with Crippen LogP contribution < -0.4 is 25.4 Å². The maximum Gasteiger partial charge on any atom is 0.408 e. The highest BCUT2D eigenvalue weighted by atomic mass is 79.9. The summed E-state index contributed by atoms with van der Waals surface area (Å²) in [5.74, 6) is -2.40. The Morgan fingerprint density at radius 1 is 1.09 bits per heavy atom. The van der Waals surface area contributed by atoms with E-state index < -0.39 is 58.9 Å². The molecule has 3 aromatic rings. The molecular weight excluding hydrogens is 820 g/mol. The van der Waals surface area contributed by atoms with Gasteiger partial charge in [-0.25, -0.2) is 19.6 Å². The highest BCUT2D eigenvalue weighted by molar-refractivity contribution is 9.10. The maximum absolute atomic E-state index is 14.6. The number of hydrogen-bond acceptors (Lipinski definition) is 11. The topological polar surface area (TPSA) is 198 Å². The summed E-state index contributed by atoms with van der Waals surface area (Å²) in [5.41, 5.74) is -0.945. The van der Waals surface area contributed by atoms with Crippen molar-refractivity contribution in [1.29, 1.82) is 0 Å². The number of amides is 4. The molecule has 0 unspecified atom stereocenters. The van der Waals surface area contributed by atoms with Crippen LogP contribution in [-0.2, 0) is 23.9 Å². The largest absolute Gasteiger partial charge is 0.495 e. The van der Waals surface area contributed by atoms with Crippen LogP contribution in [0.25, 0.3) is 22.3 Å². The number of likely N-dealkylation sites (tertiary alicyclic amines) is 1. The number of fused-ring (bicyclic) bond motifs is 1. The summed E-state index contributed by atoms with van der Waals surface area (Å²) in [6.07, 6.45) is 3.37. The predicted molar refractivity (Wildman–Crippen MR) is 217 cm³/mol. The summed E-state index contributed by atoms with van der Waals surface area (Å²) >= 11 is 4.87. The first-order valence-corrected chi connectivity index (χ1v) is 20.7. The van der Waals surface area contributed by atoms with Crippen molar-refractivity contribution in [3.63, 3.8) is 0 Å². The zero-order valence-electron chi connectivity index (χ0n) is 32.8. The Bertz CT molecular complexity index is 2080. The third-order valence-corrected chi connectivity index (χ3v) is 12.2. The molecule has 2 saturated carbocycles. The van der Waals surface area contributed by atoms with Gasteiger partial charge in [0.05, 0.1) is 29.3 Å². The number of methoxy groups -OCH3 is 1. The van der Waals surface area contributed by atoms with Crippen molar-refractivity contribution in [2.45, 2.75) is 103 Å². The lowest BCUT2D eigenvalue weighted by Crippen LogP contribution is -2.59. The zero-order valence-corrected chi connectivity index (χ0v) is 35.3. The monoisotopic (exact) mass is 868 g/mol. The molecule has 0 bridgehead atoms. The van der Waals surface area contributed by atoms with Crippen LogP contribution in [0.15, 0.2) is 40.7 Å². The number of carbonyl (C=O) groups is 5. The molecule has 306 valence electrons. The van der Waals surface area contributed by atoms with Gasteiger partial charge in [0, 0.05) is 35.1 Å². The molecule has 0 spiro atoms. The van der Waals surface area contributed by atoms with Crippen LogP contribution in [0, 0.1) is 17.3 Å². The maximum atomic E-state index is 14.6. The molecule has 17 heteroatoms. The van der Waals surface area contributed by atoms with Gasteiger partial charge in [-0.15, -0.1) is 17.9 Å². The molecule has 5 atom stereocenters. The van der Waals surface area contributed by atoms with Crippen LogP contribution in [0.5, 0.6) is 11.5 Å². The minimum absolute atomic E-state index is 0.00791. The number of thiazole rings is 1. The second kappa shape index (κ2) is 16.6. The lowest BCUT2D eigenvalue weighted by molar-refractivity contribution is -0.146. The number of hydrogen-bond donors (Lipinski definition) is 4. The van der Waals surface area contributed by atoms with E-state index in [4.69, 9.17) is 19.2 Å². The molecule has 4 N–H and O–H groups in total. The molecule has 1 aromatic carbocycles. The number of aromatic nitrogens is 2. The predicted octanol–water partition coefficient (Wildman–Crippen LogP) is 6.30. The standard InChI is InChI=1S/C40H49BrN6O9S/c1-8-21-17-40(21,36(51)52)46-34(49)27-15-23(18-47(27)35(50)32(39(4,5)6)44-38(53)56-22-11-9-10-12-22)55-29-16-25(26-19-57-37(43-26)45-33(48)20(2)3)42-31-24(29)13-14-28(54-7)30(31)41/h8,13-14,16,19-23,27,32H,1,9-12,15,17-18H2,2-7H3,(H,44,53)(H,46,49)(H,51,52)(H,43,45,48)/t21-,23-,27+,32-,40-/m0/s1. The number of anilines is 1. The van der Waals surface area contributed by atoms with Crippen LogP contribution in [0.1, 0.15) is 73.1 Å². The number of nitrogens with zero attached hydrogens (tertiary/aromatic N) is 3. The summed E-state index contributed by atoms with van der Waals surface area (Å²) in [5, 5.41) is 21.2. The molecule has 1 saturated heterocycles. The van der Waals surface area contributed by atoms with Crippen LogP contribution in [0.2, 0.25) is 0 Å². The lowest BCUT2D eigenvalue weighted by Gasteiger charge is -2.35. The fourth-order valence-electron chi connectivity index (χ4n) is 7.29. The fraction of sp³-hybridized carbons (Fsp3) is 0.525. The number of alkyl carbamates (subject to hydrolysis) is 1. The van der Waals surface area contributed by atoms with E-state index in [0.29, 0.717) is 43.4 Å². The normalized spacial score (nSPS) is 22.5. The number of carbonyl (C=O) groups excluding carboxylic acids is 4. The van der Waals surface area contributed by atoms with Crippen molar-refractivity contribution in [3.8, 4) is 22.9 Å². The molecule has 3 fully saturated rings. The quantitative estimate of drug-likeness (QED) is 0.141. The fourth-order valence-corrected chi connectivity index (χ4v) is 8.59. The third-order valence-electron chi connectivity index (χ3n) is 10.7. The molecule has 3 aliphatic rings. The molecule has 2 aromatic heterocycles. The van der Waals surface area contributed by atoms with Crippen molar-refractivity contribution >= 4 is 73.1 Å². The Morgan fingerprint density at radius 3 is 2.42 bits per heavy atom. The number of ether oxygens (including phenoxy) is 3. The smallest absolute Gasteiger partial charge is 0.408 e. The summed E-state index contributed by atoms with van der Waals surface area (Å²) in [4.78, 5) is 77.5. The Hall–Kier alpha value is -4.77. The van der Waals surface area contributed by atoms with Gasteiger partial charge in [-0.1, -0.05) is 40.7 Å². The van der Waals surface area contributed by atoms with E-state index in [1.165, 1.54) is 29.4 Å². The number of nitrogens with one attached hydrogen (secondary N) is 3. The Balaban J connectivity index is 1.34. The summed E-state index contributed by atoms with van der Waals surface area (Å²) in [6, 6.07) is 3.01. The van der Waals surface area contributed by atoms with Gasteiger partial charge >= 0.3 is 12.1 Å². The first-order chi connectivity index (χ1) is 26.9. The van der Waals surface area contributed by atoms with Gasteiger partial charge in [0.15, 0.2) is 5.13 Å². The Kier molecular flexibility index (Phi) is 12.2. The van der Waals surface area contributed by atoms with Gasteiger partial charge in [0.25, 0.3) is 0 Å². The van der Waals surface area contributed by atoms with E-state index in [-0.39, 0.29) is 37.3 Å². The number of halogens is 1. The Labute approximate surface area is 343 Å². The third kappa shape index (κ3) is 8.88. The van der Waals surface area contributed by atoms with E-state index in [1.54, 1.807) is 58.2 Å². The average Bonchev–Trinajstić information content (AvgIpc) is 3.57. The number of pyridine rings is 1. The van der Waals surface area contributed by atoms with Crippen molar-refractivity contribution < 1.29 is 43.3 Å². The van der Waals surface area contributed by atoms with E-state index in [0.717, 1.165) is 25.7 Å². The van der Waals surface area contributed by atoms with Crippen LogP contribution in [0.3, 0.4) is 0 Å². The van der Waals surface area contributed by atoms with Crippen molar-refractivity contribution in [3.05, 3.63) is 40.7 Å². The SMILES string of the molecule is C=C[C@H]1C[C@@]1(NC(=O)[C@H]1C[C@H](Oc2cc(-c3csc(NC(=O)C(C)C)n3)nc3c(Br)c(OC)ccc23)CN1C(=O)[C@H](NC(=O)OC1CCCC1)C(C)(C)C)C(=O)O. The summed E-state index contributed by atoms with van der Waals surface area (Å²) in [6.45, 7) is 12.6. The van der Waals surface area contributed by atoms with Gasteiger partial charge in [-0.05, 0) is 65.6 Å². The highest BCUT2D eigenvalue weighted by Gasteiger charge is 2.61. The van der Waals surface area contributed by atoms with Gasteiger partial charge in [-0.3, -0.25) is 14.4 Å². The van der Waals surface area contributed by atoms with Crippen molar-refractivity contribution in [2.24, 2.45) is 17.3 Å². The number of benzene rings is 1. The molecular formula is C40H49BrN6O9S. The molecule has 15 nitrogen and oxygen atoms in total. The molecule has 57 heavy (non-hydrogen) atoms. The van der Waals surface area contributed by atoms with Crippen LogP contribution in [0.4, 0.5) is 9.93 Å². The number of carboxylic acids is 1. The van der Waals surface area contributed by atoms with E-state index in [1.807, 2.05) is 0 Å². The minimum atomic E-state index is -1.54. The van der Waals surface area contributed by atoms with Crippen LogP contribution in [-0.4, -0.2) is 93.2 Å². The molecule has 4 amide bonds. The molecule has 2 aliphatic carbocycles. The number of aliphatic carboxylic acids is 1. The lowest BCUT2D eigenvalue weighted by atomic mass is 9.85. The second-order valence-corrected chi connectivity index (χ2v) is 17.9. The van der Waals surface area contributed by atoms with Gasteiger partial charge in [-0.2, -0.15) is 0 Å². The first-order valence-electron chi connectivity index (χ1n) is 19.0. The Morgan fingerprint density at radius 2 is 1.81 bits per heavy atom. The summed E-state index contributed by atoms with van der Waals surface area (Å²) in [7, 11) is 1.54. The van der Waals surface area contributed by atoms with E-state index >= 15 is 0 Å². The van der Waals surface area contributed by atoms with Gasteiger partial charge in [0.2, 0.25) is 17.7 Å². The van der Waals surface area contributed by atoms with Crippen LogP contribution >= 0.6 is 27.3 Å². The van der Waals surface area contributed by atoms with Gasteiger partial charge < -0.3 is 40.2 Å². The van der Waals surface area contributed by atoms with Crippen molar-refractivity contribution in [2.75, 3.05) is 19.0 Å². The molecule has 0 radical (unpaired) electrons. The van der Waals surface area contributed by atoms with E-state index in [9.17, 15) is 29.1 Å². The number of rotatable bonds is 13. The number of carboxylic acid groups (broad SMARTS) is 1. The first kappa shape index (κ1) is 41.9. The highest BCUT2D eigenvalue weighted by Crippen LogP contribution is 2.45.